The van der Waals surface area contributed by atoms with Crippen molar-refractivity contribution in [2.75, 3.05) is 0 Å². The average Bonchev–Trinajstić information content (AvgIpc) is 3.15. The molecule has 122 valence electrons. The summed E-state index contributed by atoms with van der Waals surface area (Å²) >= 11 is 12.0. The van der Waals surface area contributed by atoms with Crippen LogP contribution in [0.5, 0.6) is 0 Å². The summed E-state index contributed by atoms with van der Waals surface area (Å²) in [6, 6.07) is 10.2. The molecule has 0 aliphatic heterocycles. The lowest BCUT2D eigenvalue weighted by atomic mass is 10.2. The van der Waals surface area contributed by atoms with E-state index in [0.29, 0.717) is 21.6 Å². The number of aryl methyl sites for hydroxylation is 1. The molecule has 1 amide bonds. The van der Waals surface area contributed by atoms with E-state index >= 15 is 0 Å². The molecule has 0 saturated heterocycles. The number of carbonyl (C=O) groups is 1. The average molecular weight is 363 g/mol. The van der Waals surface area contributed by atoms with Crippen molar-refractivity contribution in [2.24, 2.45) is 5.10 Å². The maximum Gasteiger partial charge on any atom is 0.291 e. The van der Waals surface area contributed by atoms with Gasteiger partial charge in [0.1, 0.15) is 11.5 Å². The van der Waals surface area contributed by atoms with E-state index in [9.17, 15) is 4.79 Å². The SMILES string of the molecule is Cc1cc(C(=O)N/N=C\c2ccc(-c3cc(Cl)cc(Cl)c3)o2)n[nH]1. The Morgan fingerprint density at radius 1 is 1.25 bits per heavy atom. The molecule has 0 aliphatic rings. The minimum Gasteiger partial charge on any atom is -0.455 e. The Labute approximate surface area is 147 Å². The smallest absolute Gasteiger partial charge is 0.291 e. The number of nitrogens with zero attached hydrogens (tertiary/aromatic N) is 2. The molecule has 0 radical (unpaired) electrons. The van der Waals surface area contributed by atoms with Gasteiger partial charge in [0.05, 0.1) is 6.21 Å². The fourth-order valence-corrected chi connectivity index (χ4v) is 2.55. The van der Waals surface area contributed by atoms with Crippen LogP contribution in [0.2, 0.25) is 10.0 Å². The molecule has 0 spiro atoms. The Hall–Kier alpha value is -2.57. The Morgan fingerprint density at radius 2 is 2.00 bits per heavy atom. The van der Waals surface area contributed by atoms with Gasteiger partial charge in [0.15, 0.2) is 5.69 Å². The van der Waals surface area contributed by atoms with Crippen LogP contribution in [0.4, 0.5) is 0 Å². The predicted octanol–water partition coefficient (Wildman–Crippen LogP) is 4.05. The van der Waals surface area contributed by atoms with E-state index in [1.807, 2.05) is 0 Å². The fourth-order valence-electron chi connectivity index (χ4n) is 2.02. The number of hydrogen-bond acceptors (Lipinski definition) is 4. The van der Waals surface area contributed by atoms with E-state index in [0.717, 1.165) is 11.3 Å². The van der Waals surface area contributed by atoms with Gasteiger partial charge >= 0.3 is 0 Å². The molecular weight excluding hydrogens is 351 g/mol. The number of hydrogen-bond donors (Lipinski definition) is 2. The number of carbonyl (C=O) groups excluding carboxylic acids is 1. The van der Waals surface area contributed by atoms with Crippen molar-refractivity contribution in [3.05, 3.63) is 63.6 Å². The minimum atomic E-state index is -0.413. The van der Waals surface area contributed by atoms with Crippen LogP contribution in [0.15, 0.2) is 45.9 Å². The van der Waals surface area contributed by atoms with Gasteiger partial charge in [0.25, 0.3) is 5.91 Å². The van der Waals surface area contributed by atoms with Gasteiger partial charge < -0.3 is 4.42 Å². The second-order valence-corrected chi connectivity index (χ2v) is 5.87. The lowest BCUT2D eigenvalue weighted by molar-refractivity contribution is 0.0950. The van der Waals surface area contributed by atoms with Crippen molar-refractivity contribution in [1.82, 2.24) is 15.6 Å². The molecule has 0 unspecified atom stereocenters. The topological polar surface area (TPSA) is 83.3 Å². The largest absolute Gasteiger partial charge is 0.455 e. The Morgan fingerprint density at radius 3 is 2.67 bits per heavy atom. The van der Waals surface area contributed by atoms with Crippen LogP contribution in [0.1, 0.15) is 21.9 Å². The van der Waals surface area contributed by atoms with Gasteiger partial charge in [-0.25, -0.2) is 5.43 Å². The molecule has 3 aromatic rings. The van der Waals surface area contributed by atoms with Crippen LogP contribution in [0.3, 0.4) is 0 Å². The molecule has 2 N–H and O–H groups in total. The zero-order valence-electron chi connectivity index (χ0n) is 12.5. The molecule has 0 bridgehead atoms. The van der Waals surface area contributed by atoms with Crippen LogP contribution in [-0.4, -0.2) is 22.3 Å². The van der Waals surface area contributed by atoms with Crippen molar-refractivity contribution in [3.63, 3.8) is 0 Å². The number of benzene rings is 1. The third-order valence-corrected chi connectivity index (χ3v) is 3.51. The van der Waals surface area contributed by atoms with Gasteiger partial charge in [0.2, 0.25) is 0 Å². The summed E-state index contributed by atoms with van der Waals surface area (Å²) in [5, 5.41) is 11.4. The third kappa shape index (κ3) is 3.84. The number of H-pyrrole nitrogens is 1. The van der Waals surface area contributed by atoms with Crippen molar-refractivity contribution in [2.45, 2.75) is 6.92 Å². The highest BCUT2D eigenvalue weighted by Gasteiger charge is 2.08. The highest BCUT2D eigenvalue weighted by atomic mass is 35.5. The molecule has 2 aromatic heterocycles. The lowest BCUT2D eigenvalue weighted by Crippen LogP contribution is -2.17. The molecule has 24 heavy (non-hydrogen) atoms. The van der Waals surface area contributed by atoms with Crippen molar-refractivity contribution < 1.29 is 9.21 Å². The number of nitrogens with one attached hydrogen (secondary N) is 2. The Balaban J connectivity index is 1.68. The molecule has 8 heteroatoms. The van der Waals surface area contributed by atoms with Crippen LogP contribution in [0.25, 0.3) is 11.3 Å². The fraction of sp³-hybridized carbons (Fsp3) is 0.0625. The van der Waals surface area contributed by atoms with E-state index in [1.165, 1.54) is 6.21 Å². The number of aromatic nitrogens is 2. The van der Waals surface area contributed by atoms with Crippen LogP contribution >= 0.6 is 23.2 Å². The normalized spacial score (nSPS) is 11.1. The quantitative estimate of drug-likeness (QED) is 0.542. The molecule has 0 aliphatic carbocycles. The number of aromatic amines is 1. The van der Waals surface area contributed by atoms with E-state index in [-0.39, 0.29) is 5.69 Å². The maximum atomic E-state index is 11.8. The summed E-state index contributed by atoms with van der Waals surface area (Å²) in [4.78, 5) is 11.8. The van der Waals surface area contributed by atoms with E-state index in [2.05, 4.69) is 20.7 Å². The first kappa shape index (κ1) is 16.3. The third-order valence-electron chi connectivity index (χ3n) is 3.07. The summed E-state index contributed by atoms with van der Waals surface area (Å²) in [7, 11) is 0. The summed E-state index contributed by atoms with van der Waals surface area (Å²) in [6.45, 7) is 1.81. The zero-order valence-corrected chi connectivity index (χ0v) is 14.0. The molecule has 0 fully saturated rings. The van der Waals surface area contributed by atoms with Gasteiger partial charge in [-0.1, -0.05) is 23.2 Å². The van der Waals surface area contributed by atoms with Crippen molar-refractivity contribution >= 4 is 35.3 Å². The Bertz CT molecular complexity index is 894. The first-order valence-corrected chi connectivity index (χ1v) is 7.68. The van der Waals surface area contributed by atoms with Gasteiger partial charge in [-0.2, -0.15) is 10.2 Å². The molecule has 2 heterocycles. The molecule has 0 saturated carbocycles. The Kier molecular flexibility index (Phi) is 4.69. The van der Waals surface area contributed by atoms with E-state index in [4.69, 9.17) is 27.6 Å². The summed E-state index contributed by atoms with van der Waals surface area (Å²) in [6.07, 6.45) is 1.40. The number of hydrazone groups is 1. The van der Waals surface area contributed by atoms with Crippen LogP contribution in [-0.2, 0) is 0 Å². The predicted molar refractivity (Wildman–Crippen MR) is 92.5 cm³/mol. The van der Waals surface area contributed by atoms with Gasteiger partial charge in [-0.3, -0.25) is 9.89 Å². The summed E-state index contributed by atoms with van der Waals surface area (Å²) in [5.74, 6) is 0.652. The number of rotatable bonds is 4. The monoisotopic (exact) mass is 362 g/mol. The molecule has 0 atom stereocenters. The standard InChI is InChI=1S/C16H12Cl2N4O2/c1-9-4-14(21-20-9)16(23)22-19-8-13-2-3-15(24-13)10-5-11(17)7-12(18)6-10/h2-8H,1H3,(H,20,21)(H,22,23)/b19-8-. The molecule has 3 rings (SSSR count). The second kappa shape index (κ2) is 6.90. The van der Waals surface area contributed by atoms with E-state index < -0.39 is 5.91 Å². The van der Waals surface area contributed by atoms with Gasteiger partial charge in [-0.15, -0.1) is 0 Å². The number of furan rings is 1. The highest BCUT2D eigenvalue weighted by molar-refractivity contribution is 6.35. The first-order chi connectivity index (χ1) is 11.5. The summed E-state index contributed by atoms with van der Waals surface area (Å²) < 4.78 is 5.63. The molecular formula is C16H12Cl2N4O2. The van der Waals surface area contributed by atoms with Gasteiger partial charge in [0, 0.05) is 21.3 Å². The van der Waals surface area contributed by atoms with Gasteiger partial charge in [-0.05, 0) is 43.3 Å². The first-order valence-electron chi connectivity index (χ1n) is 6.93. The molecule has 1 aromatic carbocycles. The highest BCUT2D eigenvalue weighted by Crippen LogP contribution is 2.28. The minimum absolute atomic E-state index is 0.262. The van der Waals surface area contributed by atoms with Crippen molar-refractivity contribution in [3.8, 4) is 11.3 Å². The number of halogens is 2. The maximum absolute atomic E-state index is 11.8. The van der Waals surface area contributed by atoms with Crippen LogP contribution < -0.4 is 5.43 Å². The molecule has 6 nitrogen and oxygen atoms in total. The van der Waals surface area contributed by atoms with Crippen LogP contribution in [0, 0.1) is 6.92 Å². The number of amides is 1. The van der Waals surface area contributed by atoms with E-state index in [1.54, 1.807) is 43.3 Å². The zero-order chi connectivity index (χ0) is 17.1. The van der Waals surface area contributed by atoms with Crippen molar-refractivity contribution in [1.29, 1.82) is 0 Å². The summed E-state index contributed by atoms with van der Waals surface area (Å²) in [5.41, 5.74) is 4.18. The second-order valence-electron chi connectivity index (χ2n) is 5.00. The lowest BCUT2D eigenvalue weighted by Gasteiger charge is -1.99.